The van der Waals surface area contributed by atoms with E-state index in [9.17, 15) is 9.59 Å². The Morgan fingerprint density at radius 2 is 1.09 bits per heavy atom. The number of aliphatic hydroxyl groups excluding tert-OH is 2. The molecule has 0 aliphatic rings. The Morgan fingerprint density at radius 3 is 1.18 bits per heavy atom. The number of hydrogen-bond donors (Lipinski definition) is 4. The van der Waals surface area contributed by atoms with Crippen molar-refractivity contribution in [3.63, 3.8) is 0 Å². The molecule has 0 aromatic heterocycles. The molecule has 0 bridgehead atoms. The molecule has 0 aromatic rings. The van der Waals surface area contributed by atoms with Gasteiger partial charge in [-0.2, -0.15) is 0 Å². The number of rotatable bonds is 3. The van der Waals surface area contributed by atoms with E-state index in [1.54, 1.807) is 0 Å². The molecule has 0 aliphatic heterocycles. The Morgan fingerprint density at radius 1 is 0.909 bits per heavy atom. The standard InChI is InChI=1S/C4H6O6.Nb/c5-1(3(7)8)2(6)4(9)10;/h1-2,5-6H,(H,7,8)(H,9,10);. The molecule has 2 atom stereocenters. The molecule has 11 heavy (non-hydrogen) atoms. The monoisotopic (exact) mass is 243 g/mol. The average molecular weight is 243 g/mol. The zero-order valence-electron chi connectivity index (χ0n) is 5.21. The summed E-state index contributed by atoms with van der Waals surface area (Å²) in [6.45, 7) is 0. The molecule has 1 radical (unpaired) electrons. The van der Waals surface area contributed by atoms with Gasteiger partial charge in [0.1, 0.15) is 0 Å². The van der Waals surface area contributed by atoms with Gasteiger partial charge in [-0.15, -0.1) is 0 Å². The zero-order valence-corrected chi connectivity index (χ0v) is 7.41. The molecule has 6 nitrogen and oxygen atoms in total. The van der Waals surface area contributed by atoms with Crippen LogP contribution >= 0.6 is 0 Å². The molecule has 0 spiro atoms. The third-order valence-electron chi connectivity index (χ3n) is 0.805. The summed E-state index contributed by atoms with van der Waals surface area (Å²) in [6, 6.07) is 0. The summed E-state index contributed by atoms with van der Waals surface area (Å²) >= 11 is 0. The smallest absolute Gasteiger partial charge is 0.335 e. The average Bonchev–Trinajstić information content (AvgIpc) is 1.84. The third kappa shape index (κ3) is 4.12. The van der Waals surface area contributed by atoms with Gasteiger partial charge in [0.2, 0.25) is 0 Å². The van der Waals surface area contributed by atoms with Crippen molar-refractivity contribution in [2.75, 3.05) is 0 Å². The SMILES string of the molecule is O=C(O)C(O)C(O)C(=O)O.[Nb]. The van der Waals surface area contributed by atoms with Crippen molar-refractivity contribution in [2.24, 2.45) is 0 Å². The normalized spacial score (nSPS) is 14.4. The van der Waals surface area contributed by atoms with Gasteiger partial charge in [0.25, 0.3) is 0 Å². The van der Waals surface area contributed by atoms with Crippen molar-refractivity contribution in [3.05, 3.63) is 0 Å². The van der Waals surface area contributed by atoms with Crippen LogP contribution in [-0.4, -0.2) is 44.6 Å². The molecule has 63 valence electrons. The number of carbonyl (C=O) groups is 2. The summed E-state index contributed by atoms with van der Waals surface area (Å²) in [5.41, 5.74) is 0. The Bertz CT molecular complexity index is 139. The van der Waals surface area contributed by atoms with E-state index in [-0.39, 0.29) is 22.4 Å². The third-order valence-corrected chi connectivity index (χ3v) is 0.805. The van der Waals surface area contributed by atoms with Crippen LogP contribution in [-0.2, 0) is 32.0 Å². The van der Waals surface area contributed by atoms with Crippen LogP contribution < -0.4 is 0 Å². The number of carboxylic acid groups (broad SMARTS) is 2. The van der Waals surface area contributed by atoms with Gasteiger partial charge >= 0.3 is 11.9 Å². The van der Waals surface area contributed by atoms with Crippen molar-refractivity contribution < 1.29 is 52.4 Å². The Kier molecular flexibility index (Phi) is 6.34. The van der Waals surface area contributed by atoms with E-state index >= 15 is 0 Å². The van der Waals surface area contributed by atoms with Crippen molar-refractivity contribution in [1.82, 2.24) is 0 Å². The first-order valence-corrected chi connectivity index (χ1v) is 2.28. The summed E-state index contributed by atoms with van der Waals surface area (Å²) in [7, 11) is 0. The number of aliphatic hydroxyl groups is 2. The van der Waals surface area contributed by atoms with Gasteiger partial charge in [-0.3, -0.25) is 0 Å². The molecule has 0 saturated carbocycles. The van der Waals surface area contributed by atoms with Crippen LogP contribution in [0.5, 0.6) is 0 Å². The topological polar surface area (TPSA) is 115 Å². The first-order chi connectivity index (χ1) is 4.46. The van der Waals surface area contributed by atoms with Crippen molar-refractivity contribution in [3.8, 4) is 0 Å². The fourth-order valence-corrected chi connectivity index (χ4v) is 0.270. The molecular formula is C4H6NbO6. The molecule has 4 N–H and O–H groups in total. The Balaban J connectivity index is 0. The maximum absolute atomic E-state index is 9.77. The second-order valence-corrected chi connectivity index (χ2v) is 1.57. The van der Waals surface area contributed by atoms with E-state index in [2.05, 4.69) is 0 Å². The van der Waals surface area contributed by atoms with Gasteiger partial charge in [-0.05, 0) is 0 Å². The predicted octanol–water partition coefficient (Wildman–Crippen LogP) is -2.13. The minimum absolute atomic E-state index is 0. The fraction of sp³-hybridized carbons (Fsp3) is 0.500. The molecular weight excluding hydrogens is 237 g/mol. The van der Waals surface area contributed by atoms with Gasteiger partial charge in [-0.25, -0.2) is 9.59 Å². The largest absolute Gasteiger partial charge is 0.479 e. The molecule has 0 aliphatic carbocycles. The van der Waals surface area contributed by atoms with Crippen molar-refractivity contribution >= 4 is 11.9 Å². The summed E-state index contributed by atoms with van der Waals surface area (Å²) in [5, 5.41) is 32.5. The van der Waals surface area contributed by atoms with E-state index in [0.29, 0.717) is 0 Å². The number of carboxylic acids is 2. The summed E-state index contributed by atoms with van der Waals surface area (Å²) in [4.78, 5) is 19.5. The van der Waals surface area contributed by atoms with Crippen LogP contribution in [0.4, 0.5) is 0 Å². The predicted molar refractivity (Wildman–Crippen MR) is 27.3 cm³/mol. The molecule has 7 heteroatoms. The van der Waals surface area contributed by atoms with E-state index < -0.39 is 24.1 Å². The minimum Gasteiger partial charge on any atom is -0.479 e. The maximum Gasteiger partial charge on any atom is 0.335 e. The van der Waals surface area contributed by atoms with Crippen LogP contribution in [0.2, 0.25) is 0 Å². The van der Waals surface area contributed by atoms with Crippen LogP contribution in [0.25, 0.3) is 0 Å². The fourth-order valence-electron chi connectivity index (χ4n) is 0.270. The van der Waals surface area contributed by atoms with Gasteiger partial charge in [0, 0.05) is 22.4 Å². The van der Waals surface area contributed by atoms with Crippen LogP contribution in [0, 0.1) is 0 Å². The first-order valence-electron chi connectivity index (χ1n) is 2.28. The summed E-state index contributed by atoms with van der Waals surface area (Å²) in [5.74, 6) is -3.54. The summed E-state index contributed by atoms with van der Waals surface area (Å²) in [6.07, 6.45) is -4.53. The molecule has 0 amide bonds. The first kappa shape index (κ1) is 13.2. The zero-order chi connectivity index (χ0) is 8.31. The van der Waals surface area contributed by atoms with Crippen LogP contribution in [0.3, 0.4) is 0 Å². The molecule has 0 fully saturated rings. The Hall–Kier alpha value is -0.400. The maximum atomic E-state index is 9.77. The van der Waals surface area contributed by atoms with Gasteiger partial charge < -0.3 is 20.4 Å². The van der Waals surface area contributed by atoms with Crippen LogP contribution in [0.15, 0.2) is 0 Å². The molecule has 2 unspecified atom stereocenters. The van der Waals surface area contributed by atoms with Crippen molar-refractivity contribution in [2.45, 2.75) is 12.2 Å². The second kappa shape index (κ2) is 5.28. The van der Waals surface area contributed by atoms with Gasteiger partial charge in [0.15, 0.2) is 12.2 Å². The van der Waals surface area contributed by atoms with Gasteiger partial charge in [0.05, 0.1) is 0 Å². The molecule has 0 rings (SSSR count). The molecule has 0 saturated heterocycles. The summed E-state index contributed by atoms with van der Waals surface area (Å²) < 4.78 is 0. The molecule has 0 aromatic carbocycles. The van der Waals surface area contributed by atoms with Crippen molar-refractivity contribution in [1.29, 1.82) is 0 Å². The minimum atomic E-state index is -2.27. The Labute approximate surface area is 77.0 Å². The van der Waals surface area contributed by atoms with E-state index in [4.69, 9.17) is 20.4 Å². The quantitative estimate of drug-likeness (QED) is 0.421. The molecule has 0 heterocycles. The van der Waals surface area contributed by atoms with E-state index in [1.807, 2.05) is 0 Å². The van der Waals surface area contributed by atoms with E-state index in [0.717, 1.165) is 0 Å². The van der Waals surface area contributed by atoms with Crippen LogP contribution in [0.1, 0.15) is 0 Å². The van der Waals surface area contributed by atoms with Gasteiger partial charge in [-0.1, -0.05) is 0 Å². The van der Waals surface area contributed by atoms with E-state index in [1.165, 1.54) is 0 Å². The number of hydrogen-bond acceptors (Lipinski definition) is 4. The second-order valence-electron chi connectivity index (χ2n) is 1.57. The number of aliphatic carboxylic acids is 2.